The van der Waals surface area contributed by atoms with E-state index in [4.69, 9.17) is 0 Å². The maximum Gasteiger partial charge on any atom is 0.243 e. The van der Waals surface area contributed by atoms with E-state index in [9.17, 15) is 13.2 Å². The number of anilines is 1. The Morgan fingerprint density at radius 2 is 1.81 bits per heavy atom. The summed E-state index contributed by atoms with van der Waals surface area (Å²) in [7, 11) is -3.60. The lowest BCUT2D eigenvalue weighted by Crippen LogP contribution is -2.46. The van der Waals surface area contributed by atoms with Gasteiger partial charge in [-0.1, -0.05) is 34.1 Å². The van der Waals surface area contributed by atoms with Gasteiger partial charge in [0.2, 0.25) is 15.9 Å². The quantitative estimate of drug-likeness (QED) is 0.693. The molecule has 0 spiro atoms. The fourth-order valence-electron chi connectivity index (χ4n) is 3.41. The smallest absolute Gasteiger partial charge is 0.243 e. The summed E-state index contributed by atoms with van der Waals surface area (Å²) in [6.45, 7) is 3.16. The van der Waals surface area contributed by atoms with E-state index >= 15 is 0 Å². The minimum absolute atomic E-state index is 0.0144. The first-order chi connectivity index (χ1) is 12.9. The molecule has 0 aliphatic carbocycles. The molecule has 3 rings (SSSR count). The highest BCUT2D eigenvalue weighted by molar-refractivity contribution is 9.10. The lowest BCUT2D eigenvalue weighted by molar-refractivity contribution is -0.123. The number of hydrogen-bond donors (Lipinski definition) is 0. The number of amides is 1. The number of hydrogen-bond acceptors (Lipinski definition) is 3. The van der Waals surface area contributed by atoms with E-state index < -0.39 is 10.0 Å². The van der Waals surface area contributed by atoms with Gasteiger partial charge in [0.15, 0.2) is 0 Å². The molecule has 0 N–H and O–H groups in total. The van der Waals surface area contributed by atoms with Crippen molar-refractivity contribution in [3.05, 3.63) is 59.1 Å². The molecule has 1 atom stereocenters. The van der Waals surface area contributed by atoms with Gasteiger partial charge in [0.05, 0.1) is 10.8 Å². The zero-order valence-electron chi connectivity index (χ0n) is 15.2. The Morgan fingerprint density at radius 1 is 1.15 bits per heavy atom. The number of sulfonamides is 1. The minimum Gasteiger partial charge on any atom is -0.312 e. The number of halogens is 1. The molecule has 1 fully saturated rings. The Labute approximate surface area is 169 Å². The molecule has 0 unspecified atom stereocenters. The number of carbonyl (C=O) groups is 1. The van der Waals surface area contributed by atoms with Crippen LogP contribution in [0.3, 0.4) is 0 Å². The number of piperidine rings is 1. The van der Waals surface area contributed by atoms with Crippen LogP contribution in [0, 0.1) is 5.92 Å². The minimum atomic E-state index is -3.60. The molecule has 1 aliphatic rings. The molecule has 1 amide bonds. The summed E-state index contributed by atoms with van der Waals surface area (Å²) in [5.74, 6) is -0.344. The van der Waals surface area contributed by atoms with Crippen molar-refractivity contribution in [3.8, 4) is 0 Å². The van der Waals surface area contributed by atoms with E-state index in [0.29, 0.717) is 25.9 Å². The molecule has 2 aromatic carbocycles. The maximum absolute atomic E-state index is 13.1. The highest BCUT2D eigenvalue weighted by Gasteiger charge is 2.35. The molecule has 1 aliphatic heterocycles. The van der Waals surface area contributed by atoms with Crippen LogP contribution in [-0.4, -0.2) is 38.3 Å². The Bertz CT molecular complexity index is 885. The number of benzene rings is 2. The predicted octanol–water partition coefficient (Wildman–Crippen LogP) is 3.90. The first-order valence-corrected chi connectivity index (χ1v) is 11.3. The van der Waals surface area contributed by atoms with Crippen LogP contribution < -0.4 is 4.90 Å². The second kappa shape index (κ2) is 8.54. The molecule has 1 saturated heterocycles. The number of nitrogens with zero attached hydrogens (tertiary/aromatic N) is 2. The van der Waals surface area contributed by atoms with Crippen molar-refractivity contribution in [3.63, 3.8) is 0 Å². The molecule has 2 aromatic rings. The Balaban J connectivity index is 1.79. The summed E-state index contributed by atoms with van der Waals surface area (Å²) in [4.78, 5) is 15.1. The molecular formula is C20H23BrN2O3S. The SMILES string of the molecule is CCN(C(=O)[C@@H]1CCCN(S(=O)(=O)c2ccc(Br)cc2)C1)c1ccccc1. The van der Waals surface area contributed by atoms with Crippen molar-refractivity contribution in [2.24, 2.45) is 5.92 Å². The highest BCUT2D eigenvalue weighted by Crippen LogP contribution is 2.27. The maximum atomic E-state index is 13.1. The van der Waals surface area contributed by atoms with E-state index in [1.807, 2.05) is 37.3 Å². The topological polar surface area (TPSA) is 57.7 Å². The van der Waals surface area contributed by atoms with Gasteiger partial charge in [0.1, 0.15) is 0 Å². The van der Waals surface area contributed by atoms with Crippen molar-refractivity contribution < 1.29 is 13.2 Å². The Hall–Kier alpha value is -1.70. The summed E-state index contributed by atoms with van der Waals surface area (Å²) in [6, 6.07) is 16.1. The van der Waals surface area contributed by atoms with Crippen molar-refractivity contribution in [2.45, 2.75) is 24.7 Å². The zero-order chi connectivity index (χ0) is 19.4. The van der Waals surface area contributed by atoms with Crippen LogP contribution >= 0.6 is 15.9 Å². The molecule has 0 aromatic heterocycles. The van der Waals surface area contributed by atoms with Gasteiger partial charge in [-0.2, -0.15) is 4.31 Å². The summed E-state index contributed by atoms with van der Waals surface area (Å²) >= 11 is 3.32. The van der Waals surface area contributed by atoms with E-state index in [0.717, 1.165) is 10.2 Å². The largest absolute Gasteiger partial charge is 0.312 e. The Kier molecular flexibility index (Phi) is 6.34. The van der Waals surface area contributed by atoms with Crippen LogP contribution in [0.4, 0.5) is 5.69 Å². The van der Waals surface area contributed by atoms with Gasteiger partial charge < -0.3 is 4.90 Å². The van der Waals surface area contributed by atoms with Crippen LogP contribution in [0.2, 0.25) is 0 Å². The van der Waals surface area contributed by atoms with Crippen LogP contribution in [0.5, 0.6) is 0 Å². The first kappa shape index (κ1) is 20.0. The van der Waals surface area contributed by atoms with Gasteiger partial charge in [-0.3, -0.25) is 4.79 Å². The molecule has 0 saturated carbocycles. The summed E-state index contributed by atoms with van der Waals surface area (Å²) in [5, 5.41) is 0. The van der Waals surface area contributed by atoms with Gasteiger partial charge in [-0.15, -0.1) is 0 Å². The molecule has 0 radical (unpaired) electrons. The van der Waals surface area contributed by atoms with Crippen molar-refractivity contribution in [2.75, 3.05) is 24.5 Å². The molecule has 7 heteroatoms. The normalized spacial score (nSPS) is 18.2. The molecule has 1 heterocycles. The number of para-hydroxylation sites is 1. The molecule has 27 heavy (non-hydrogen) atoms. The van der Waals surface area contributed by atoms with Crippen LogP contribution in [0.1, 0.15) is 19.8 Å². The van der Waals surface area contributed by atoms with Gasteiger partial charge >= 0.3 is 0 Å². The highest BCUT2D eigenvalue weighted by atomic mass is 79.9. The lowest BCUT2D eigenvalue weighted by atomic mass is 9.97. The number of carbonyl (C=O) groups excluding carboxylic acids is 1. The summed E-state index contributed by atoms with van der Waals surface area (Å²) in [5.41, 5.74) is 0.845. The zero-order valence-corrected chi connectivity index (χ0v) is 17.6. The first-order valence-electron chi connectivity index (χ1n) is 9.05. The summed E-state index contributed by atoms with van der Waals surface area (Å²) < 4.78 is 28.2. The van der Waals surface area contributed by atoms with Gasteiger partial charge in [-0.05, 0) is 56.2 Å². The van der Waals surface area contributed by atoms with Crippen LogP contribution in [0.25, 0.3) is 0 Å². The third kappa shape index (κ3) is 4.42. The predicted molar refractivity (Wildman–Crippen MR) is 110 cm³/mol. The number of rotatable bonds is 5. The van der Waals surface area contributed by atoms with E-state index in [1.165, 1.54) is 4.31 Å². The molecule has 0 bridgehead atoms. The average molecular weight is 451 g/mol. The Morgan fingerprint density at radius 3 is 2.44 bits per heavy atom. The second-order valence-corrected chi connectivity index (χ2v) is 9.43. The van der Waals surface area contributed by atoms with E-state index in [1.54, 1.807) is 29.2 Å². The second-order valence-electron chi connectivity index (χ2n) is 6.57. The van der Waals surface area contributed by atoms with Crippen LogP contribution in [-0.2, 0) is 14.8 Å². The van der Waals surface area contributed by atoms with Crippen molar-refractivity contribution in [1.82, 2.24) is 4.31 Å². The van der Waals surface area contributed by atoms with E-state index in [2.05, 4.69) is 15.9 Å². The van der Waals surface area contributed by atoms with Crippen molar-refractivity contribution >= 4 is 37.5 Å². The van der Waals surface area contributed by atoms with E-state index in [-0.39, 0.29) is 23.3 Å². The third-order valence-electron chi connectivity index (χ3n) is 4.83. The molecule has 144 valence electrons. The van der Waals surface area contributed by atoms with Gasteiger partial charge in [0.25, 0.3) is 0 Å². The van der Waals surface area contributed by atoms with Crippen LogP contribution in [0.15, 0.2) is 64.0 Å². The fraction of sp³-hybridized carbons (Fsp3) is 0.350. The monoisotopic (exact) mass is 450 g/mol. The van der Waals surface area contributed by atoms with Gasteiger partial charge in [0, 0.05) is 29.8 Å². The van der Waals surface area contributed by atoms with Gasteiger partial charge in [-0.25, -0.2) is 8.42 Å². The average Bonchev–Trinajstić information content (AvgIpc) is 2.70. The van der Waals surface area contributed by atoms with Crippen molar-refractivity contribution in [1.29, 1.82) is 0 Å². The third-order valence-corrected chi connectivity index (χ3v) is 7.24. The summed E-state index contributed by atoms with van der Waals surface area (Å²) in [6.07, 6.45) is 1.38. The molecule has 5 nitrogen and oxygen atoms in total. The molecular weight excluding hydrogens is 428 g/mol. The fourth-order valence-corrected chi connectivity index (χ4v) is 5.20. The lowest BCUT2D eigenvalue weighted by Gasteiger charge is -2.34. The standard InChI is InChI=1S/C20H23BrN2O3S/c1-2-23(18-8-4-3-5-9-18)20(24)16-7-6-14-22(15-16)27(25,26)19-12-10-17(21)11-13-19/h3-5,8-13,16H,2,6-7,14-15H2,1H3/t16-/m1/s1.